The third kappa shape index (κ3) is 2.54. The van der Waals surface area contributed by atoms with E-state index >= 15 is 0 Å². The maximum absolute atomic E-state index is 12.5. The smallest absolute Gasteiger partial charge is 0.312 e. The van der Waals surface area contributed by atoms with E-state index in [9.17, 15) is 18.0 Å². The van der Waals surface area contributed by atoms with Crippen molar-refractivity contribution >= 4 is 0 Å². The fourth-order valence-corrected chi connectivity index (χ4v) is 3.38. The number of likely N-dealkylation sites (tertiary alicyclic amines) is 1. The fraction of sp³-hybridized carbons (Fsp3) is 0.615. The van der Waals surface area contributed by atoms with Crippen molar-refractivity contribution in [2.24, 2.45) is 5.92 Å². The average Bonchev–Trinajstić information content (AvgIpc) is 2.28. The Kier molecular flexibility index (Phi) is 2.92. The van der Waals surface area contributed by atoms with Gasteiger partial charge in [-0.3, -0.25) is 9.69 Å². The molecule has 3 rings (SSSR count). The van der Waals surface area contributed by atoms with Gasteiger partial charge in [0.1, 0.15) is 0 Å². The molecule has 104 valence electrons. The van der Waals surface area contributed by atoms with Crippen LogP contribution >= 0.6 is 0 Å². The van der Waals surface area contributed by atoms with E-state index in [2.05, 4.69) is 0 Å². The van der Waals surface area contributed by atoms with Crippen LogP contribution in [0.3, 0.4) is 0 Å². The number of pyridine rings is 1. The number of nitrogens with zero attached hydrogens (tertiary/aromatic N) is 2. The first-order valence-electron chi connectivity index (χ1n) is 6.41. The standard InChI is InChI=1S/C13H15F3N2O/c14-13(15,16)8-17-5-9-4-10(7-17)11-2-1-3-12(19)18(11)6-9/h1-3,9-10H,4-8H2/t9-,10-/m0/s1. The first kappa shape index (κ1) is 12.7. The van der Waals surface area contributed by atoms with E-state index in [1.54, 1.807) is 10.6 Å². The molecular weight excluding hydrogens is 257 g/mol. The third-order valence-electron chi connectivity index (χ3n) is 3.96. The highest BCUT2D eigenvalue weighted by Gasteiger charge is 2.39. The Morgan fingerprint density at radius 1 is 1.21 bits per heavy atom. The molecule has 1 saturated heterocycles. The molecule has 0 aromatic carbocycles. The molecule has 0 saturated carbocycles. The molecule has 6 heteroatoms. The van der Waals surface area contributed by atoms with E-state index in [1.807, 2.05) is 6.07 Å². The van der Waals surface area contributed by atoms with Crippen LogP contribution in [-0.4, -0.2) is 35.3 Å². The molecule has 2 aliphatic heterocycles. The normalized spacial score (nSPS) is 27.1. The number of aromatic nitrogens is 1. The fourth-order valence-electron chi connectivity index (χ4n) is 3.38. The van der Waals surface area contributed by atoms with Crippen LogP contribution in [-0.2, 0) is 6.54 Å². The van der Waals surface area contributed by atoms with Gasteiger partial charge in [0.25, 0.3) is 5.56 Å². The summed E-state index contributed by atoms with van der Waals surface area (Å²) in [7, 11) is 0. The minimum absolute atomic E-state index is 0.0449. The van der Waals surface area contributed by atoms with Crippen LogP contribution in [0.1, 0.15) is 18.0 Å². The first-order valence-corrected chi connectivity index (χ1v) is 6.41. The molecule has 2 atom stereocenters. The Balaban J connectivity index is 1.86. The molecule has 0 amide bonds. The summed E-state index contributed by atoms with van der Waals surface area (Å²) in [4.78, 5) is 13.2. The maximum atomic E-state index is 12.5. The van der Waals surface area contributed by atoms with Gasteiger partial charge >= 0.3 is 6.18 Å². The molecule has 0 spiro atoms. The number of hydrogen-bond donors (Lipinski definition) is 0. The van der Waals surface area contributed by atoms with Crippen LogP contribution in [0.25, 0.3) is 0 Å². The molecule has 3 nitrogen and oxygen atoms in total. The van der Waals surface area contributed by atoms with E-state index < -0.39 is 12.7 Å². The van der Waals surface area contributed by atoms with Crippen LogP contribution in [0, 0.1) is 5.92 Å². The van der Waals surface area contributed by atoms with Crippen molar-refractivity contribution < 1.29 is 13.2 Å². The van der Waals surface area contributed by atoms with Crippen molar-refractivity contribution in [3.8, 4) is 0 Å². The molecule has 0 unspecified atom stereocenters. The second-order valence-corrected chi connectivity index (χ2v) is 5.51. The summed E-state index contributed by atoms with van der Waals surface area (Å²) in [5.74, 6) is 0.192. The molecular formula is C13H15F3N2O. The van der Waals surface area contributed by atoms with Gasteiger partial charge in [0, 0.05) is 37.3 Å². The topological polar surface area (TPSA) is 25.2 Å². The Bertz CT molecular complexity index is 537. The molecule has 19 heavy (non-hydrogen) atoms. The Labute approximate surface area is 108 Å². The van der Waals surface area contributed by atoms with Crippen LogP contribution in [0.2, 0.25) is 0 Å². The summed E-state index contributed by atoms with van der Waals surface area (Å²) in [6, 6.07) is 5.06. The van der Waals surface area contributed by atoms with Gasteiger partial charge in [-0.1, -0.05) is 6.07 Å². The number of piperidine rings is 1. The average molecular weight is 272 g/mol. The predicted octanol–water partition coefficient (Wildman–Crippen LogP) is 1.83. The molecule has 1 fully saturated rings. The quantitative estimate of drug-likeness (QED) is 0.779. The van der Waals surface area contributed by atoms with E-state index in [4.69, 9.17) is 0 Å². The summed E-state index contributed by atoms with van der Waals surface area (Å²) in [5, 5.41) is 0. The van der Waals surface area contributed by atoms with Crippen molar-refractivity contribution in [2.75, 3.05) is 19.6 Å². The summed E-state index contributed by atoms with van der Waals surface area (Å²) >= 11 is 0. The lowest BCUT2D eigenvalue weighted by Gasteiger charge is -2.42. The second kappa shape index (κ2) is 4.37. The summed E-state index contributed by atoms with van der Waals surface area (Å²) in [5.41, 5.74) is 0.840. The van der Waals surface area contributed by atoms with Gasteiger partial charge in [-0.25, -0.2) is 0 Å². The minimum Gasteiger partial charge on any atom is -0.312 e. The number of alkyl halides is 3. The lowest BCUT2D eigenvalue weighted by molar-refractivity contribution is -0.151. The van der Waals surface area contributed by atoms with Crippen molar-refractivity contribution in [1.82, 2.24) is 9.47 Å². The van der Waals surface area contributed by atoms with Crippen LogP contribution in [0.15, 0.2) is 23.0 Å². The van der Waals surface area contributed by atoms with Crippen LogP contribution in [0.5, 0.6) is 0 Å². The van der Waals surface area contributed by atoms with E-state index in [0.29, 0.717) is 19.6 Å². The summed E-state index contributed by atoms with van der Waals surface area (Å²) in [6.45, 7) is 0.507. The number of fused-ring (bicyclic) bond motifs is 4. The Morgan fingerprint density at radius 2 is 2.00 bits per heavy atom. The highest BCUT2D eigenvalue weighted by atomic mass is 19.4. The molecule has 0 aliphatic carbocycles. The van der Waals surface area contributed by atoms with Crippen molar-refractivity contribution in [1.29, 1.82) is 0 Å². The maximum Gasteiger partial charge on any atom is 0.401 e. The molecule has 3 heterocycles. The largest absolute Gasteiger partial charge is 0.401 e. The van der Waals surface area contributed by atoms with Gasteiger partial charge in [0.2, 0.25) is 0 Å². The van der Waals surface area contributed by atoms with E-state index in [1.165, 1.54) is 11.0 Å². The monoisotopic (exact) mass is 272 g/mol. The van der Waals surface area contributed by atoms with Gasteiger partial charge in [-0.2, -0.15) is 13.2 Å². The minimum atomic E-state index is -4.15. The zero-order valence-corrected chi connectivity index (χ0v) is 10.4. The van der Waals surface area contributed by atoms with Crippen molar-refractivity contribution in [2.45, 2.75) is 25.1 Å². The van der Waals surface area contributed by atoms with Gasteiger partial charge < -0.3 is 4.57 Å². The van der Waals surface area contributed by atoms with Crippen molar-refractivity contribution in [3.05, 3.63) is 34.2 Å². The predicted molar refractivity (Wildman–Crippen MR) is 64.0 cm³/mol. The lowest BCUT2D eigenvalue weighted by atomic mass is 9.83. The number of halogens is 3. The highest BCUT2D eigenvalue weighted by molar-refractivity contribution is 5.16. The SMILES string of the molecule is O=c1cccc2n1C[C@H]1C[C@H]2CN(CC(F)(F)F)C1. The Hall–Kier alpha value is -1.30. The summed E-state index contributed by atoms with van der Waals surface area (Å²) in [6.07, 6.45) is -3.26. The molecule has 0 radical (unpaired) electrons. The second-order valence-electron chi connectivity index (χ2n) is 5.51. The molecule has 0 N–H and O–H groups in total. The molecule has 2 aliphatic rings. The Morgan fingerprint density at radius 3 is 2.74 bits per heavy atom. The number of hydrogen-bond acceptors (Lipinski definition) is 2. The first-order chi connectivity index (χ1) is 8.92. The van der Waals surface area contributed by atoms with E-state index in [-0.39, 0.29) is 17.4 Å². The molecule has 1 aromatic rings. The highest BCUT2D eigenvalue weighted by Crippen LogP contribution is 2.35. The summed E-state index contributed by atoms with van der Waals surface area (Å²) < 4.78 is 39.2. The third-order valence-corrected chi connectivity index (χ3v) is 3.96. The van der Waals surface area contributed by atoms with Gasteiger partial charge in [0.05, 0.1) is 6.54 Å². The zero-order chi connectivity index (χ0) is 13.6. The lowest BCUT2D eigenvalue weighted by Crippen LogP contribution is -2.49. The van der Waals surface area contributed by atoms with E-state index in [0.717, 1.165) is 12.1 Å². The van der Waals surface area contributed by atoms with Gasteiger partial charge in [-0.15, -0.1) is 0 Å². The van der Waals surface area contributed by atoms with Crippen LogP contribution in [0.4, 0.5) is 13.2 Å². The van der Waals surface area contributed by atoms with Crippen molar-refractivity contribution in [3.63, 3.8) is 0 Å². The van der Waals surface area contributed by atoms with Gasteiger partial charge in [0.15, 0.2) is 0 Å². The molecule has 1 aromatic heterocycles. The zero-order valence-electron chi connectivity index (χ0n) is 10.4. The van der Waals surface area contributed by atoms with Gasteiger partial charge in [-0.05, 0) is 18.4 Å². The number of rotatable bonds is 1. The molecule has 2 bridgehead atoms. The van der Waals surface area contributed by atoms with Crippen LogP contribution < -0.4 is 5.56 Å².